The van der Waals surface area contributed by atoms with Crippen molar-refractivity contribution in [1.29, 1.82) is 0 Å². The third kappa shape index (κ3) is 4.91. The van der Waals surface area contributed by atoms with Crippen LogP contribution in [-0.4, -0.2) is 87.9 Å². The van der Waals surface area contributed by atoms with Gasteiger partial charge in [0.15, 0.2) is 6.35 Å². The second-order valence-corrected chi connectivity index (χ2v) is 9.19. The second kappa shape index (κ2) is 10.3. The van der Waals surface area contributed by atoms with Crippen LogP contribution in [-0.2, 0) is 22.7 Å². The van der Waals surface area contributed by atoms with Gasteiger partial charge in [-0.2, -0.15) is 5.01 Å². The van der Waals surface area contributed by atoms with Gasteiger partial charge in [0.1, 0.15) is 23.7 Å². The van der Waals surface area contributed by atoms with Crippen molar-refractivity contribution in [3.63, 3.8) is 0 Å². The molecule has 4 atom stereocenters. The molecule has 34 heavy (non-hydrogen) atoms. The minimum atomic E-state index is -1.11. The molecule has 2 unspecified atom stereocenters. The lowest BCUT2D eigenvalue weighted by Crippen LogP contribution is -2.77. The highest BCUT2D eigenvalue weighted by Crippen LogP contribution is 2.30. The number of rotatable bonds is 8. The number of carbonyl (C=O) groups is 2. The molecule has 4 rings (SSSR count). The molecule has 184 valence electrons. The number of piperazine rings is 1. The summed E-state index contributed by atoms with van der Waals surface area (Å²) in [6, 6.07) is 10.2. The molecule has 0 radical (unpaired) electrons. The van der Waals surface area contributed by atoms with Crippen LogP contribution in [0.1, 0.15) is 18.2 Å². The normalized spacial score (nSPS) is 23.7. The highest BCUT2D eigenvalue weighted by molar-refractivity contribution is 6.22. The van der Waals surface area contributed by atoms with Crippen LogP contribution in [0.5, 0.6) is 5.75 Å². The van der Waals surface area contributed by atoms with Crippen molar-refractivity contribution in [2.45, 2.75) is 43.9 Å². The summed E-state index contributed by atoms with van der Waals surface area (Å²) in [6.45, 7) is 2.55. The van der Waals surface area contributed by atoms with Crippen molar-refractivity contribution in [2.24, 2.45) is 0 Å². The first-order valence-electron chi connectivity index (χ1n) is 11.1. The summed E-state index contributed by atoms with van der Waals surface area (Å²) in [6.07, 6.45) is -0.171. The summed E-state index contributed by atoms with van der Waals surface area (Å²) in [7, 11) is 3.34. The molecule has 2 aliphatic rings. The summed E-state index contributed by atoms with van der Waals surface area (Å²) < 4.78 is 10.6. The number of benzene rings is 1. The van der Waals surface area contributed by atoms with E-state index in [1.807, 2.05) is 24.3 Å². The maximum atomic E-state index is 13.3. The number of fused-ring (bicyclic) bond motifs is 1. The fourth-order valence-corrected chi connectivity index (χ4v) is 4.76. The molecule has 2 saturated heterocycles. The number of halogens is 1. The van der Waals surface area contributed by atoms with E-state index in [-0.39, 0.29) is 31.4 Å². The van der Waals surface area contributed by atoms with Crippen LogP contribution < -0.4 is 10.1 Å². The molecule has 11 heteroatoms. The van der Waals surface area contributed by atoms with Crippen molar-refractivity contribution in [3.8, 4) is 5.75 Å². The summed E-state index contributed by atoms with van der Waals surface area (Å²) >= 11 is 6.43. The van der Waals surface area contributed by atoms with Gasteiger partial charge in [0.25, 0.3) is 0 Å². The van der Waals surface area contributed by atoms with Gasteiger partial charge < -0.3 is 24.1 Å². The van der Waals surface area contributed by atoms with Gasteiger partial charge in [-0.25, -0.2) is 5.01 Å². The van der Waals surface area contributed by atoms with Crippen LogP contribution in [0.15, 0.2) is 47.1 Å². The number of ether oxygens (including phenoxy) is 1. The smallest absolute Gasteiger partial charge is 0.247 e. The molecule has 10 nitrogen and oxygen atoms in total. The Morgan fingerprint density at radius 3 is 2.62 bits per heavy atom. The van der Waals surface area contributed by atoms with E-state index in [1.54, 1.807) is 54.4 Å². The molecule has 2 fully saturated rings. The number of carbonyl (C=O) groups excluding carboxylic acids is 2. The van der Waals surface area contributed by atoms with Crippen molar-refractivity contribution in [1.82, 2.24) is 25.1 Å². The average molecular weight is 492 g/mol. The maximum Gasteiger partial charge on any atom is 0.247 e. The quantitative estimate of drug-likeness (QED) is 0.417. The van der Waals surface area contributed by atoms with E-state index >= 15 is 0 Å². The number of hydrogen-bond donors (Lipinski definition) is 2. The molecule has 2 amide bonds. The molecule has 0 saturated carbocycles. The summed E-state index contributed by atoms with van der Waals surface area (Å²) in [4.78, 5) is 29.5. The number of hydrazine groups is 1. The van der Waals surface area contributed by atoms with Crippen molar-refractivity contribution < 1.29 is 23.8 Å². The van der Waals surface area contributed by atoms with E-state index in [1.165, 1.54) is 4.90 Å². The Balaban J connectivity index is 1.56. The number of likely N-dealkylation sites (N-methyl/N-ethyl adjacent to an activating group) is 1. The monoisotopic (exact) mass is 491 g/mol. The zero-order valence-electron chi connectivity index (χ0n) is 19.4. The van der Waals surface area contributed by atoms with Crippen LogP contribution in [0.4, 0.5) is 0 Å². The third-order valence-corrected chi connectivity index (χ3v) is 6.42. The van der Waals surface area contributed by atoms with Crippen molar-refractivity contribution in [2.75, 3.05) is 27.2 Å². The van der Waals surface area contributed by atoms with Gasteiger partial charge in [-0.15, -0.1) is 11.6 Å². The van der Waals surface area contributed by atoms with Crippen LogP contribution in [0.2, 0.25) is 0 Å². The first kappa shape index (κ1) is 24.5. The average Bonchev–Trinajstić information content (AvgIpc) is 3.32. The van der Waals surface area contributed by atoms with Gasteiger partial charge in [0.2, 0.25) is 11.8 Å². The second-order valence-electron chi connectivity index (χ2n) is 8.50. The topological polar surface area (TPSA) is 102 Å². The van der Waals surface area contributed by atoms with Crippen molar-refractivity contribution >= 4 is 23.4 Å². The van der Waals surface area contributed by atoms with Gasteiger partial charge in [-0.05, 0) is 36.8 Å². The molecule has 3 heterocycles. The first-order chi connectivity index (χ1) is 16.3. The molecule has 1 aromatic carbocycles. The molecular formula is C23H30ClN5O5. The number of methoxy groups -OCH3 is 1. The number of aliphatic hydroxyl groups is 1. The molecule has 2 N–H and O–H groups in total. The lowest BCUT2D eigenvalue weighted by atomic mass is 10.0. The van der Waals surface area contributed by atoms with Crippen LogP contribution in [0.3, 0.4) is 0 Å². The Morgan fingerprint density at radius 2 is 2.00 bits per heavy atom. The van der Waals surface area contributed by atoms with Gasteiger partial charge >= 0.3 is 0 Å². The number of alkyl halides is 1. The molecule has 1 aromatic heterocycles. The molecular weight excluding hydrogens is 462 g/mol. The Morgan fingerprint density at radius 1 is 1.26 bits per heavy atom. The highest BCUT2D eigenvalue weighted by Gasteiger charge is 2.52. The van der Waals surface area contributed by atoms with E-state index < -0.39 is 23.9 Å². The number of hydrogen-bond acceptors (Lipinski definition) is 8. The fraction of sp³-hybridized carbons (Fsp3) is 0.478. The van der Waals surface area contributed by atoms with E-state index in [2.05, 4.69) is 5.32 Å². The van der Waals surface area contributed by atoms with Gasteiger partial charge in [0.05, 0.1) is 38.4 Å². The van der Waals surface area contributed by atoms with E-state index in [0.717, 1.165) is 11.3 Å². The van der Waals surface area contributed by atoms with Crippen LogP contribution in [0.25, 0.3) is 0 Å². The molecule has 2 aliphatic heterocycles. The molecule has 0 bridgehead atoms. The summed E-state index contributed by atoms with van der Waals surface area (Å²) in [5.74, 6) is 0.922. The summed E-state index contributed by atoms with van der Waals surface area (Å²) in [5, 5.41) is 17.0. The van der Waals surface area contributed by atoms with Crippen LogP contribution >= 0.6 is 11.6 Å². The van der Waals surface area contributed by atoms with E-state index in [0.29, 0.717) is 12.3 Å². The van der Waals surface area contributed by atoms with Gasteiger partial charge in [-0.1, -0.05) is 12.1 Å². The lowest BCUT2D eigenvalue weighted by Gasteiger charge is -2.56. The Hall–Kier alpha value is -2.63. The predicted octanol–water partition coefficient (Wildman–Crippen LogP) is 1.01. The molecule has 0 spiro atoms. The zero-order chi connectivity index (χ0) is 24.4. The number of nitrogens with one attached hydrogen (secondary N) is 1. The SMILES string of the molecule is COc1ccc(CNC(O)N2[C@H]3CN(Cc4ccco4)C(=O)[C@H](C(C)Cl)N3C(=O)CN2C)cc1. The molecule has 2 aromatic rings. The van der Waals surface area contributed by atoms with Gasteiger partial charge in [0, 0.05) is 13.6 Å². The summed E-state index contributed by atoms with van der Waals surface area (Å²) in [5.41, 5.74) is 0.956. The number of amides is 2. The third-order valence-electron chi connectivity index (χ3n) is 6.18. The van der Waals surface area contributed by atoms with E-state index in [9.17, 15) is 14.7 Å². The number of furan rings is 1. The van der Waals surface area contributed by atoms with E-state index in [4.69, 9.17) is 20.8 Å². The Kier molecular flexibility index (Phi) is 7.44. The minimum Gasteiger partial charge on any atom is -0.497 e. The number of nitrogens with zero attached hydrogens (tertiary/aromatic N) is 4. The van der Waals surface area contributed by atoms with Crippen LogP contribution in [0, 0.1) is 0 Å². The fourth-order valence-electron chi connectivity index (χ4n) is 4.53. The maximum absolute atomic E-state index is 13.3. The lowest BCUT2D eigenvalue weighted by molar-refractivity contribution is -0.241. The Bertz CT molecular complexity index is 986. The largest absolute Gasteiger partial charge is 0.497 e. The van der Waals surface area contributed by atoms with Gasteiger partial charge in [-0.3, -0.25) is 14.9 Å². The minimum absolute atomic E-state index is 0.0172. The standard InChI is InChI=1S/C23H30ClN5O5/c1-15(24)21-22(31)27(12-18-5-4-10-34-18)13-19-28(21)20(30)14-26(2)29(19)23(32)25-11-16-6-8-17(33-3)9-7-16/h4-10,15,19,21,23,25,32H,11-14H2,1-3H3/t15?,19-,21-,23?/m0/s1. The number of aliphatic hydroxyl groups excluding tert-OH is 1. The van der Waals surface area contributed by atoms with Crippen molar-refractivity contribution in [3.05, 3.63) is 54.0 Å². The first-order valence-corrected chi connectivity index (χ1v) is 11.5. The zero-order valence-corrected chi connectivity index (χ0v) is 20.2. The highest BCUT2D eigenvalue weighted by atomic mass is 35.5. The Labute approximate surface area is 203 Å². The predicted molar refractivity (Wildman–Crippen MR) is 124 cm³/mol. The molecule has 0 aliphatic carbocycles.